The molecular weight excluding hydrogens is 286 g/mol. The first-order chi connectivity index (χ1) is 10.4. The van der Waals surface area contributed by atoms with E-state index < -0.39 is 23.4 Å². The molecule has 3 N–H and O–H groups in total. The van der Waals surface area contributed by atoms with Crippen molar-refractivity contribution in [2.75, 3.05) is 7.11 Å². The number of ether oxygens (including phenoxy) is 1. The molecule has 0 aromatic heterocycles. The average molecular weight is 305 g/mol. The number of nitrogens with zero attached hydrogens (tertiary/aromatic N) is 1. The number of carbonyl (C=O) groups is 3. The first-order valence-corrected chi connectivity index (χ1v) is 7.03. The van der Waals surface area contributed by atoms with Crippen molar-refractivity contribution in [1.29, 1.82) is 0 Å². The van der Waals surface area contributed by atoms with Gasteiger partial charge in [-0.2, -0.15) is 5.01 Å². The maximum Gasteiger partial charge on any atom is 0.339 e. The summed E-state index contributed by atoms with van der Waals surface area (Å²) in [6, 6.07) is 6.43. The summed E-state index contributed by atoms with van der Waals surface area (Å²) in [6.07, 6.45) is 1.22. The van der Waals surface area contributed by atoms with Gasteiger partial charge in [-0.15, -0.1) is 0 Å². The van der Waals surface area contributed by atoms with Crippen LogP contribution in [0, 0.1) is 0 Å². The van der Waals surface area contributed by atoms with E-state index >= 15 is 0 Å². The molecule has 22 heavy (non-hydrogen) atoms. The second-order valence-corrected chi connectivity index (χ2v) is 5.19. The number of benzene rings is 1. The van der Waals surface area contributed by atoms with Crippen molar-refractivity contribution in [3.05, 3.63) is 35.4 Å². The fourth-order valence-electron chi connectivity index (χ4n) is 2.62. The van der Waals surface area contributed by atoms with Crippen LogP contribution in [0.5, 0.6) is 0 Å². The molecule has 1 aliphatic heterocycles. The van der Waals surface area contributed by atoms with E-state index in [2.05, 4.69) is 5.32 Å². The highest BCUT2D eigenvalue weighted by Crippen LogP contribution is 2.26. The lowest BCUT2D eigenvalue weighted by atomic mass is 9.87. The van der Waals surface area contributed by atoms with Crippen LogP contribution in [0.2, 0.25) is 0 Å². The van der Waals surface area contributed by atoms with Gasteiger partial charge in [0.2, 0.25) is 0 Å². The molecule has 1 saturated heterocycles. The Morgan fingerprint density at radius 2 is 2.05 bits per heavy atom. The van der Waals surface area contributed by atoms with Crippen molar-refractivity contribution in [3.8, 4) is 0 Å². The minimum atomic E-state index is -1.02. The molecule has 1 aliphatic rings. The lowest BCUT2D eigenvalue weighted by Gasteiger charge is -2.24. The van der Waals surface area contributed by atoms with Crippen LogP contribution in [0.3, 0.4) is 0 Å². The number of urea groups is 1. The molecule has 1 aromatic carbocycles. The van der Waals surface area contributed by atoms with Crippen molar-refractivity contribution >= 4 is 17.9 Å². The van der Waals surface area contributed by atoms with Gasteiger partial charge in [-0.3, -0.25) is 4.79 Å². The van der Waals surface area contributed by atoms with Gasteiger partial charge >= 0.3 is 12.0 Å². The van der Waals surface area contributed by atoms with Gasteiger partial charge in [-0.05, 0) is 30.9 Å². The number of nitrogens with two attached hydrogens (primary N) is 1. The van der Waals surface area contributed by atoms with Crippen molar-refractivity contribution in [1.82, 2.24) is 10.3 Å². The molecule has 1 heterocycles. The van der Waals surface area contributed by atoms with Crippen LogP contribution in [0.15, 0.2) is 24.3 Å². The lowest BCUT2D eigenvalue weighted by molar-refractivity contribution is -0.131. The number of imide groups is 1. The molecule has 0 spiro atoms. The fraction of sp³-hybridized carbons (Fsp3) is 0.400. The number of esters is 1. The Morgan fingerprint density at radius 1 is 1.36 bits per heavy atom. The standard InChI is InChI=1S/C15H19N3O4/c1-3-15(13(20)18(16)14(21)17-15)9-8-10-6-4-5-7-11(10)12(19)22-2/h4-7H,3,8-9,16H2,1-2H3,(H,17,21). The summed E-state index contributed by atoms with van der Waals surface area (Å²) < 4.78 is 4.75. The molecule has 1 atom stereocenters. The number of hydrazine groups is 1. The summed E-state index contributed by atoms with van der Waals surface area (Å²) in [5, 5.41) is 3.25. The van der Waals surface area contributed by atoms with Gasteiger partial charge in [0.25, 0.3) is 5.91 Å². The molecule has 1 fully saturated rings. The molecule has 118 valence electrons. The van der Waals surface area contributed by atoms with Crippen LogP contribution in [0.4, 0.5) is 4.79 Å². The summed E-state index contributed by atoms with van der Waals surface area (Å²) >= 11 is 0. The van der Waals surface area contributed by atoms with Gasteiger partial charge in [0, 0.05) is 0 Å². The topological polar surface area (TPSA) is 102 Å². The zero-order chi connectivity index (χ0) is 16.3. The van der Waals surface area contributed by atoms with E-state index in [9.17, 15) is 14.4 Å². The summed E-state index contributed by atoms with van der Waals surface area (Å²) in [7, 11) is 1.32. The Bertz CT molecular complexity index is 617. The van der Waals surface area contributed by atoms with E-state index in [4.69, 9.17) is 10.6 Å². The predicted octanol–water partition coefficient (Wildman–Crippen LogP) is 0.980. The number of amides is 3. The molecule has 0 bridgehead atoms. The van der Waals surface area contributed by atoms with Crippen LogP contribution in [0.1, 0.15) is 35.7 Å². The number of aryl methyl sites for hydroxylation is 1. The normalized spacial score (nSPS) is 21.0. The monoisotopic (exact) mass is 305 g/mol. The maximum absolute atomic E-state index is 12.2. The number of nitrogens with one attached hydrogen (secondary N) is 1. The molecule has 1 unspecified atom stereocenters. The van der Waals surface area contributed by atoms with Gasteiger partial charge in [0.1, 0.15) is 5.54 Å². The van der Waals surface area contributed by atoms with Crippen LogP contribution < -0.4 is 11.2 Å². The zero-order valence-corrected chi connectivity index (χ0v) is 12.6. The molecule has 0 radical (unpaired) electrons. The molecule has 0 saturated carbocycles. The third-order valence-corrected chi connectivity index (χ3v) is 4.04. The second kappa shape index (κ2) is 6.15. The first kappa shape index (κ1) is 16.0. The van der Waals surface area contributed by atoms with Crippen molar-refractivity contribution in [3.63, 3.8) is 0 Å². The molecule has 2 rings (SSSR count). The van der Waals surface area contributed by atoms with E-state index in [1.54, 1.807) is 18.2 Å². The summed E-state index contributed by atoms with van der Waals surface area (Å²) in [6.45, 7) is 1.81. The quantitative estimate of drug-likeness (QED) is 0.365. The van der Waals surface area contributed by atoms with E-state index in [0.29, 0.717) is 29.8 Å². The Kier molecular flexibility index (Phi) is 4.46. The highest BCUT2D eigenvalue weighted by Gasteiger charge is 2.48. The van der Waals surface area contributed by atoms with Gasteiger partial charge in [0.15, 0.2) is 0 Å². The summed E-state index contributed by atoms with van der Waals surface area (Å²) in [5.41, 5.74) is 0.201. The van der Waals surface area contributed by atoms with E-state index in [1.165, 1.54) is 7.11 Å². The van der Waals surface area contributed by atoms with Crippen molar-refractivity contribution < 1.29 is 19.1 Å². The Hall–Kier alpha value is -2.41. The van der Waals surface area contributed by atoms with Crippen LogP contribution in [-0.2, 0) is 16.0 Å². The minimum absolute atomic E-state index is 0.357. The molecule has 3 amide bonds. The number of carbonyl (C=O) groups excluding carboxylic acids is 3. The molecular formula is C15H19N3O4. The van der Waals surface area contributed by atoms with Gasteiger partial charge < -0.3 is 10.1 Å². The Balaban J connectivity index is 2.21. The SMILES string of the molecule is CCC1(CCc2ccccc2C(=O)OC)NC(=O)N(N)C1=O. The maximum atomic E-state index is 12.2. The largest absolute Gasteiger partial charge is 0.465 e. The molecule has 7 heteroatoms. The lowest BCUT2D eigenvalue weighted by Crippen LogP contribution is -2.47. The number of rotatable bonds is 5. The number of hydrogen-bond acceptors (Lipinski definition) is 5. The Morgan fingerprint density at radius 3 is 2.59 bits per heavy atom. The van der Waals surface area contributed by atoms with Gasteiger partial charge in [-0.1, -0.05) is 25.1 Å². The van der Waals surface area contributed by atoms with E-state index in [0.717, 1.165) is 5.56 Å². The molecule has 1 aromatic rings. The van der Waals surface area contributed by atoms with Gasteiger partial charge in [-0.25, -0.2) is 15.4 Å². The molecule has 0 aliphatic carbocycles. The smallest absolute Gasteiger partial charge is 0.339 e. The highest BCUT2D eigenvalue weighted by molar-refractivity contribution is 6.06. The third kappa shape index (κ3) is 2.67. The van der Waals surface area contributed by atoms with Crippen LogP contribution in [0.25, 0.3) is 0 Å². The third-order valence-electron chi connectivity index (χ3n) is 4.04. The summed E-state index contributed by atoms with van der Waals surface area (Å²) in [4.78, 5) is 35.5. The van der Waals surface area contributed by atoms with Crippen molar-refractivity contribution in [2.45, 2.75) is 31.7 Å². The van der Waals surface area contributed by atoms with E-state index in [-0.39, 0.29) is 0 Å². The van der Waals surface area contributed by atoms with Crippen LogP contribution >= 0.6 is 0 Å². The minimum Gasteiger partial charge on any atom is -0.465 e. The zero-order valence-electron chi connectivity index (χ0n) is 12.6. The fourth-order valence-corrected chi connectivity index (χ4v) is 2.62. The van der Waals surface area contributed by atoms with E-state index in [1.807, 2.05) is 13.0 Å². The molecule has 7 nitrogen and oxygen atoms in total. The highest BCUT2D eigenvalue weighted by atomic mass is 16.5. The second-order valence-electron chi connectivity index (χ2n) is 5.19. The Labute approximate surface area is 128 Å². The van der Waals surface area contributed by atoms with Crippen molar-refractivity contribution in [2.24, 2.45) is 5.84 Å². The first-order valence-electron chi connectivity index (χ1n) is 7.03. The predicted molar refractivity (Wildman–Crippen MR) is 78.7 cm³/mol. The summed E-state index contributed by atoms with van der Waals surface area (Å²) in [5.74, 6) is 4.56. The average Bonchev–Trinajstić information content (AvgIpc) is 2.77. The number of hydrogen-bond donors (Lipinski definition) is 2. The number of methoxy groups -OCH3 is 1. The van der Waals surface area contributed by atoms with Crippen LogP contribution in [-0.4, -0.2) is 35.6 Å². The van der Waals surface area contributed by atoms with Gasteiger partial charge in [0.05, 0.1) is 12.7 Å².